The van der Waals surface area contributed by atoms with Crippen molar-refractivity contribution in [1.29, 1.82) is 10.5 Å². The van der Waals surface area contributed by atoms with Gasteiger partial charge in [0, 0.05) is 36.4 Å². The van der Waals surface area contributed by atoms with Crippen molar-refractivity contribution < 1.29 is 19.2 Å². The Kier molecular flexibility index (Phi) is 10.9. The van der Waals surface area contributed by atoms with Crippen LogP contribution in [0.15, 0.2) is 28.4 Å². The zero-order valence-corrected chi connectivity index (χ0v) is 20.4. The average Bonchev–Trinajstić information content (AvgIpc) is 2.84. The summed E-state index contributed by atoms with van der Waals surface area (Å²) in [6.07, 6.45) is 0.819. The van der Waals surface area contributed by atoms with Crippen molar-refractivity contribution >= 4 is 40.6 Å². The number of hydrogen-bond acceptors (Lipinski definition) is 8. The number of aryl methyl sites for hydroxylation is 2. The van der Waals surface area contributed by atoms with E-state index in [1.165, 1.54) is 0 Å². The quantitative estimate of drug-likeness (QED) is 0.423. The molecule has 0 heterocycles. The van der Waals surface area contributed by atoms with Gasteiger partial charge in [-0.25, -0.2) is 10.9 Å². The van der Waals surface area contributed by atoms with Crippen LogP contribution in [-0.4, -0.2) is 34.9 Å². The lowest BCUT2D eigenvalue weighted by Crippen LogP contribution is -2.35. The van der Waals surface area contributed by atoms with Crippen molar-refractivity contribution in [1.82, 2.24) is 10.9 Å². The van der Waals surface area contributed by atoms with Gasteiger partial charge in [0.25, 0.3) is 11.8 Å². The van der Waals surface area contributed by atoms with E-state index in [4.69, 9.17) is 10.5 Å². The molecule has 0 aromatic heterocycles. The van der Waals surface area contributed by atoms with Gasteiger partial charge in [-0.2, -0.15) is 20.7 Å². The molecule has 1 aliphatic rings. The highest BCUT2D eigenvalue weighted by Crippen LogP contribution is 2.24. The Hall–Kier alpha value is -4.38. The summed E-state index contributed by atoms with van der Waals surface area (Å²) in [6, 6.07) is 9.19. The maximum atomic E-state index is 13.1. The summed E-state index contributed by atoms with van der Waals surface area (Å²) in [5, 5.41) is 28.2. The third-order valence-corrected chi connectivity index (χ3v) is 5.62. The van der Waals surface area contributed by atoms with Gasteiger partial charge < -0.3 is 5.32 Å². The normalized spacial score (nSPS) is 17.1. The highest BCUT2D eigenvalue weighted by molar-refractivity contribution is 6.12. The molecule has 1 aromatic rings. The van der Waals surface area contributed by atoms with Crippen molar-refractivity contribution in [3.05, 3.63) is 29.3 Å². The predicted molar refractivity (Wildman–Crippen MR) is 132 cm³/mol. The van der Waals surface area contributed by atoms with Gasteiger partial charge in [0.1, 0.15) is 18.6 Å². The molecular weight excluding hydrogens is 462 g/mol. The van der Waals surface area contributed by atoms with Gasteiger partial charge in [-0.15, -0.1) is 0 Å². The first-order valence-corrected chi connectivity index (χ1v) is 11.6. The third kappa shape index (κ3) is 8.76. The molecule has 0 unspecified atom stereocenters. The maximum Gasteiger partial charge on any atom is 0.254 e. The van der Waals surface area contributed by atoms with E-state index < -0.39 is 17.7 Å². The van der Waals surface area contributed by atoms with Crippen molar-refractivity contribution in [3.63, 3.8) is 0 Å². The number of amides is 3. The van der Waals surface area contributed by atoms with Crippen LogP contribution in [0.25, 0.3) is 0 Å². The summed E-state index contributed by atoms with van der Waals surface area (Å²) in [7, 11) is 0. The fraction of sp³-hybridized carbons (Fsp3) is 0.440. The van der Waals surface area contributed by atoms with Crippen LogP contribution in [0.5, 0.6) is 0 Å². The van der Waals surface area contributed by atoms with Crippen LogP contribution in [-0.2, 0) is 19.2 Å². The van der Waals surface area contributed by atoms with E-state index in [1.54, 1.807) is 12.1 Å². The van der Waals surface area contributed by atoms with Crippen molar-refractivity contribution in [2.45, 2.75) is 65.2 Å². The maximum absolute atomic E-state index is 13.1. The number of Topliss-reactive ketones (excluding diaryl/α,β-unsaturated/α-hetero) is 1. The molecule has 11 heteroatoms. The molecule has 0 radical (unpaired) electrons. The number of hydrogen-bond donors (Lipinski definition) is 3. The van der Waals surface area contributed by atoms with Gasteiger partial charge >= 0.3 is 0 Å². The third-order valence-electron chi connectivity index (χ3n) is 5.62. The van der Waals surface area contributed by atoms with E-state index in [1.807, 2.05) is 32.0 Å². The number of benzene rings is 1. The number of carbonyl (C=O) groups is 4. The van der Waals surface area contributed by atoms with Crippen LogP contribution in [0.2, 0.25) is 0 Å². The molecule has 0 saturated heterocycles. The van der Waals surface area contributed by atoms with Crippen LogP contribution in [0.4, 0.5) is 5.69 Å². The molecule has 1 saturated carbocycles. The molecule has 0 aliphatic heterocycles. The summed E-state index contributed by atoms with van der Waals surface area (Å²) < 4.78 is 0. The minimum atomic E-state index is -0.686. The molecule has 1 aromatic carbocycles. The lowest BCUT2D eigenvalue weighted by molar-refractivity contribution is -0.122. The molecule has 1 atom stereocenters. The molecule has 0 bridgehead atoms. The molecule has 1 fully saturated rings. The number of anilines is 1. The summed E-state index contributed by atoms with van der Waals surface area (Å²) in [4.78, 5) is 48.7. The number of para-hydroxylation sites is 1. The van der Waals surface area contributed by atoms with Gasteiger partial charge in [-0.1, -0.05) is 18.2 Å². The second-order valence-electron chi connectivity index (χ2n) is 8.41. The van der Waals surface area contributed by atoms with Gasteiger partial charge in [0.15, 0.2) is 0 Å². The minimum Gasteiger partial charge on any atom is -0.326 e. The summed E-state index contributed by atoms with van der Waals surface area (Å²) in [5.41, 5.74) is 8.29. The van der Waals surface area contributed by atoms with Crippen LogP contribution in [0, 0.1) is 42.4 Å². The van der Waals surface area contributed by atoms with Gasteiger partial charge in [0.05, 0.1) is 18.1 Å². The van der Waals surface area contributed by atoms with Crippen LogP contribution in [0.1, 0.15) is 62.5 Å². The zero-order valence-electron chi connectivity index (χ0n) is 20.4. The Morgan fingerprint density at radius 1 is 0.917 bits per heavy atom. The number of nitrogens with zero attached hydrogens (tertiary/aromatic N) is 4. The van der Waals surface area contributed by atoms with E-state index in [9.17, 15) is 19.2 Å². The molecule has 11 nitrogen and oxygen atoms in total. The Bertz CT molecular complexity index is 1140. The van der Waals surface area contributed by atoms with Crippen LogP contribution in [0.3, 0.4) is 0 Å². The minimum absolute atomic E-state index is 0.115. The highest BCUT2D eigenvalue weighted by atomic mass is 16.2. The Morgan fingerprint density at radius 2 is 1.53 bits per heavy atom. The fourth-order valence-corrected chi connectivity index (χ4v) is 3.75. The topological polar surface area (TPSA) is 177 Å². The summed E-state index contributed by atoms with van der Waals surface area (Å²) >= 11 is 0. The standard InChI is InChI=1S/C25H29N7O4/c1-16-5-3-6-17(2)25(16)28-22(34)8-4-7-21(33)19-15-18(29-31-23(35)11-13-26)9-10-20(19)30-32-24(36)12-14-27/h3,5-6,19H,4,7-12,15H2,1-2H3,(H,28,34)(H,31,35)(H,32,36)/b29-18-,30-20+/t19-/m1/s1. The number of carbonyl (C=O) groups excluding carboxylic acids is 4. The Balaban J connectivity index is 2.02. The first-order chi connectivity index (χ1) is 17.2. The van der Waals surface area contributed by atoms with E-state index in [0.29, 0.717) is 30.7 Å². The summed E-state index contributed by atoms with van der Waals surface area (Å²) in [5.74, 6) is -2.18. The SMILES string of the molecule is Cc1cccc(C)c1NC(=O)CCCC(=O)[C@@H]1C/C(=N\NC(=O)CC#N)CC/C1=N\NC(=O)CC#N. The fourth-order valence-electron chi connectivity index (χ4n) is 3.75. The number of hydrazone groups is 2. The number of rotatable bonds is 10. The van der Waals surface area contributed by atoms with E-state index in [0.717, 1.165) is 16.8 Å². The zero-order chi connectivity index (χ0) is 26.5. The molecule has 1 aliphatic carbocycles. The van der Waals surface area contributed by atoms with Gasteiger partial charge in [0.2, 0.25) is 5.91 Å². The first-order valence-electron chi connectivity index (χ1n) is 11.6. The monoisotopic (exact) mass is 491 g/mol. The molecule has 3 N–H and O–H groups in total. The smallest absolute Gasteiger partial charge is 0.254 e. The predicted octanol–water partition coefficient (Wildman–Crippen LogP) is 2.55. The number of nitriles is 2. The Morgan fingerprint density at radius 3 is 2.14 bits per heavy atom. The largest absolute Gasteiger partial charge is 0.326 e. The molecule has 36 heavy (non-hydrogen) atoms. The number of nitrogens with one attached hydrogen (secondary N) is 3. The molecule has 0 spiro atoms. The van der Waals surface area contributed by atoms with E-state index >= 15 is 0 Å². The van der Waals surface area contributed by atoms with Crippen molar-refractivity contribution in [2.75, 3.05) is 5.32 Å². The summed E-state index contributed by atoms with van der Waals surface area (Å²) in [6.45, 7) is 3.82. The first kappa shape index (κ1) is 27.9. The molecule has 3 amide bonds. The van der Waals surface area contributed by atoms with Crippen molar-refractivity contribution in [2.24, 2.45) is 16.1 Å². The lowest BCUT2D eigenvalue weighted by atomic mass is 9.81. The molecule has 188 valence electrons. The lowest BCUT2D eigenvalue weighted by Gasteiger charge is -2.24. The van der Waals surface area contributed by atoms with Crippen LogP contribution >= 0.6 is 0 Å². The van der Waals surface area contributed by atoms with Crippen LogP contribution < -0.4 is 16.2 Å². The van der Waals surface area contributed by atoms with Gasteiger partial charge in [-0.05, 0) is 44.2 Å². The average molecular weight is 492 g/mol. The van der Waals surface area contributed by atoms with Crippen molar-refractivity contribution in [3.8, 4) is 12.1 Å². The molecular formula is C25H29N7O4. The second-order valence-corrected chi connectivity index (χ2v) is 8.41. The second kappa shape index (κ2) is 14.1. The van der Waals surface area contributed by atoms with E-state index in [-0.39, 0.29) is 43.8 Å². The van der Waals surface area contributed by atoms with Gasteiger partial charge in [-0.3, -0.25) is 19.2 Å². The highest BCUT2D eigenvalue weighted by Gasteiger charge is 2.30. The van der Waals surface area contributed by atoms with E-state index in [2.05, 4.69) is 26.4 Å². The number of ketones is 1. The Labute approximate surface area is 209 Å². The molecule has 2 rings (SSSR count).